The number of carbonyl (C=O) groups is 1. The lowest BCUT2D eigenvalue weighted by Gasteiger charge is -2.15. The van der Waals surface area contributed by atoms with Gasteiger partial charge in [-0.2, -0.15) is 5.26 Å². The fraction of sp³-hybridized carbons (Fsp3) is 0.412. The van der Waals surface area contributed by atoms with Crippen LogP contribution in [-0.4, -0.2) is 37.6 Å². The van der Waals surface area contributed by atoms with Crippen LogP contribution in [0.15, 0.2) is 36.0 Å². The summed E-state index contributed by atoms with van der Waals surface area (Å²) in [6.45, 7) is 5.98. The molecule has 0 unspecified atom stereocenters. The molecule has 5 heteroatoms. The smallest absolute Gasteiger partial charge is 0.263 e. The molecule has 0 aliphatic rings. The summed E-state index contributed by atoms with van der Waals surface area (Å²) >= 11 is 0. The Bertz CT molecular complexity index is 540. The van der Waals surface area contributed by atoms with E-state index in [1.165, 1.54) is 0 Å². The number of amides is 1. The van der Waals surface area contributed by atoms with Crippen molar-refractivity contribution >= 4 is 5.91 Å². The molecule has 0 heterocycles. The largest absolute Gasteiger partial charge is 0.497 e. The third-order valence-electron chi connectivity index (χ3n) is 3.35. The zero-order chi connectivity index (χ0) is 16.4. The summed E-state index contributed by atoms with van der Waals surface area (Å²) in [7, 11) is 1.63. The molecule has 1 N–H and O–H groups in total. The second-order valence-electron chi connectivity index (χ2n) is 4.73. The SMILES string of the molecule is CCN(/C=C(/C#N)C(=O)NCCc1ccc(OC)cc1)CC. The van der Waals surface area contributed by atoms with E-state index >= 15 is 0 Å². The van der Waals surface area contributed by atoms with Crippen LogP contribution in [0.2, 0.25) is 0 Å². The van der Waals surface area contributed by atoms with Gasteiger partial charge in [0.25, 0.3) is 5.91 Å². The van der Waals surface area contributed by atoms with E-state index in [0.717, 1.165) is 24.4 Å². The van der Waals surface area contributed by atoms with E-state index in [-0.39, 0.29) is 11.5 Å². The number of nitrogens with one attached hydrogen (secondary N) is 1. The highest BCUT2D eigenvalue weighted by molar-refractivity contribution is 5.97. The fourth-order valence-corrected chi connectivity index (χ4v) is 1.93. The highest BCUT2D eigenvalue weighted by atomic mass is 16.5. The van der Waals surface area contributed by atoms with E-state index in [4.69, 9.17) is 10.00 Å². The number of ether oxygens (including phenoxy) is 1. The number of methoxy groups -OCH3 is 1. The van der Waals surface area contributed by atoms with Crippen molar-refractivity contribution in [1.29, 1.82) is 5.26 Å². The lowest BCUT2D eigenvalue weighted by molar-refractivity contribution is -0.117. The predicted octanol–water partition coefficient (Wildman–Crippen LogP) is 2.10. The molecule has 0 saturated carbocycles. The lowest BCUT2D eigenvalue weighted by Crippen LogP contribution is -2.28. The predicted molar refractivity (Wildman–Crippen MR) is 86.3 cm³/mol. The minimum absolute atomic E-state index is 0.137. The topological polar surface area (TPSA) is 65.4 Å². The Morgan fingerprint density at radius 1 is 1.32 bits per heavy atom. The van der Waals surface area contributed by atoms with Crippen molar-refractivity contribution in [3.8, 4) is 11.8 Å². The molecule has 1 aromatic carbocycles. The van der Waals surface area contributed by atoms with Crippen molar-refractivity contribution < 1.29 is 9.53 Å². The zero-order valence-electron chi connectivity index (χ0n) is 13.4. The maximum atomic E-state index is 12.0. The van der Waals surface area contributed by atoms with Crippen molar-refractivity contribution in [3.05, 3.63) is 41.6 Å². The Balaban J connectivity index is 2.51. The van der Waals surface area contributed by atoms with Gasteiger partial charge >= 0.3 is 0 Å². The second kappa shape index (κ2) is 9.46. The number of hydrogen-bond acceptors (Lipinski definition) is 4. The van der Waals surface area contributed by atoms with E-state index in [1.807, 2.05) is 49.1 Å². The number of benzene rings is 1. The Labute approximate surface area is 132 Å². The minimum Gasteiger partial charge on any atom is -0.497 e. The molecule has 1 amide bonds. The summed E-state index contributed by atoms with van der Waals surface area (Å²) in [6.07, 6.45) is 2.32. The molecule has 118 valence electrons. The number of rotatable bonds is 8. The van der Waals surface area contributed by atoms with Crippen molar-refractivity contribution in [3.63, 3.8) is 0 Å². The van der Waals surface area contributed by atoms with Crippen LogP contribution in [0.3, 0.4) is 0 Å². The molecule has 0 radical (unpaired) electrons. The molecule has 0 bridgehead atoms. The fourth-order valence-electron chi connectivity index (χ4n) is 1.93. The van der Waals surface area contributed by atoms with Crippen molar-refractivity contribution in [2.24, 2.45) is 0 Å². The van der Waals surface area contributed by atoms with Gasteiger partial charge in [0.1, 0.15) is 17.4 Å². The summed E-state index contributed by atoms with van der Waals surface area (Å²) in [4.78, 5) is 13.9. The van der Waals surface area contributed by atoms with E-state index in [2.05, 4.69) is 5.32 Å². The second-order valence-corrected chi connectivity index (χ2v) is 4.73. The normalized spacial score (nSPS) is 10.7. The molecule has 0 aliphatic carbocycles. The van der Waals surface area contributed by atoms with Gasteiger partial charge in [-0.05, 0) is 38.0 Å². The van der Waals surface area contributed by atoms with Crippen molar-refractivity contribution in [2.45, 2.75) is 20.3 Å². The third-order valence-corrected chi connectivity index (χ3v) is 3.35. The molecule has 5 nitrogen and oxygen atoms in total. The van der Waals surface area contributed by atoms with Gasteiger partial charge in [-0.3, -0.25) is 4.79 Å². The van der Waals surface area contributed by atoms with Crippen LogP contribution >= 0.6 is 0 Å². The van der Waals surface area contributed by atoms with Crippen molar-refractivity contribution in [2.75, 3.05) is 26.7 Å². The average Bonchev–Trinajstić information content (AvgIpc) is 2.56. The quantitative estimate of drug-likeness (QED) is 0.590. The molecule has 1 aromatic rings. The molecule has 0 aromatic heterocycles. The highest BCUT2D eigenvalue weighted by Gasteiger charge is 2.09. The Hall–Kier alpha value is -2.48. The molecule has 0 spiro atoms. The minimum atomic E-state index is -0.331. The molecule has 0 saturated heterocycles. The van der Waals surface area contributed by atoms with Gasteiger partial charge < -0.3 is 15.0 Å². The third kappa shape index (κ3) is 5.49. The maximum Gasteiger partial charge on any atom is 0.263 e. The van der Waals surface area contributed by atoms with Gasteiger partial charge in [-0.25, -0.2) is 0 Å². The van der Waals surface area contributed by atoms with Gasteiger partial charge in [0.2, 0.25) is 0 Å². The van der Waals surface area contributed by atoms with E-state index in [1.54, 1.807) is 13.3 Å². The summed E-state index contributed by atoms with van der Waals surface area (Å²) in [5, 5.41) is 11.9. The molecule has 0 atom stereocenters. The number of carbonyl (C=O) groups excluding carboxylic acids is 1. The van der Waals surface area contributed by atoms with Gasteiger partial charge in [-0.15, -0.1) is 0 Å². The van der Waals surface area contributed by atoms with Gasteiger partial charge in [0.05, 0.1) is 7.11 Å². The van der Waals surface area contributed by atoms with E-state index in [9.17, 15) is 4.79 Å². The summed E-state index contributed by atoms with van der Waals surface area (Å²) < 4.78 is 5.10. The number of hydrogen-bond donors (Lipinski definition) is 1. The van der Waals surface area contributed by atoms with Crippen LogP contribution in [0.4, 0.5) is 0 Å². The first-order valence-corrected chi connectivity index (χ1v) is 7.41. The Morgan fingerprint density at radius 2 is 1.95 bits per heavy atom. The maximum absolute atomic E-state index is 12.0. The molecule has 22 heavy (non-hydrogen) atoms. The van der Waals surface area contributed by atoms with Crippen LogP contribution < -0.4 is 10.1 Å². The summed E-state index contributed by atoms with van der Waals surface area (Å²) in [6, 6.07) is 9.65. The van der Waals surface area contributed by atoms with Crippen LogP contribution in [0.5, 0.6) is 5.75 Å². The monoisotopic (exact) mass is 301 g/mol. The molecule has 1 rings (SSSR count). The van der Waals surface area contributed by atoms with Crippen molar-refractivity contribution in [1.82, 2.24) is 10.2 Å². The van der Waals surface area contributed by atoms with Crippen LogP contribution in [0.1, 0.15) is 19.4 Å². The van der Waals surface area contributed by atoms with Crippen LogP contribution in [0, 0.1) is 11.3 Å². The zero-order valence-corrected chi connectivity index (χ0v) is 13.4. The summed E-state index contributed by atoms with van der Waals surface area (Å²) in [5.41, 5.74) is 1.24. The van der Waals surface area contributed by atoms with Gasteiger partial charge in [0, 0.05) is 25.8 Å². The van der Waals surface area contributed by atoms with Gasteiger partial charge in [0.15, 0.2) is 0 Å². The molecule has 0 aliphatic heterocycles. The number of nitrogens with zero attached hydrogens (tertiary/aromatic N) is 2. The molecular formula is C17H23N3O2. The highest BCUT2D eigenvalue weighted by Crippen LogP contribution is 2.11. The number of nitriles is 1. The first-order chi connectivity index (χ1) is 10.6. The summed E-state index contributed by atoms with van der Waals surface area (Å²) in [5.74, 6) is 0.476. The van der Waals surface area contributed by atoms with E-state index in [0.29, 0.717) is 13.0 Å². The standard InChI is InChI=1S/C17H23N3O2/c1-4-20(5-2)13-15(12-18)17(21)19-11-10-14-6-8-16(22-3)9-7-14/h6-9,13H,4-5,10-11H2,1-3H3,(H,19,21)/b15-13-. The van der Waals surface area contributed by atoms with Gasteiger partial charge in [-0.1, -0.05) is 12.1 Å². The first kappa shape index (κ1) is 17.6. The average molecular weight is 301 g/mol. The molecule has 0 fully saturated rings. The Morgan fingerprint density at radius 3 is 2.45 bits per heavy atom. The van der Waals surface area contributed by atoms with Crippen LogP contribution in [0.25, 0.3) is 0 Å². The van der Waals surface area contributed by atoms with E-state index < -0.39 is 0 Å². The lowest BCUT2D eigenvalue weighted by atomic mass is 10.1. The first-order valence-electron chi connectivity index (χ1n) is 7.41. The van der Waals surface area contributed by atoms with Crippen LogP contribution in [-0.2, 0) is 11.2 Å². The molecular weight excluding hydrogens is 278 g/mol. The Kier molecular flexibility index (Phi) is 7.55.